The molecule has 2 atom stereocenters. The highest BCUT2D eigenvalue weighted by Gasteiger charge is 2.25. The first-order valence-electron chi connectivity index (χ1n) is 6.55. The maximum atomic E-state index is 5.77. The molecule has 19 heavy (non-hydrogen) atoms. The first-order valence-corrected chi connectivity index (χ1v) is 7.34. The Kier molecular flexibility index (Phi) is 5.63. The topological polar surface area (TPSA) is 39.7 Å². The minimum atomic E-state index is 0.0450. The van der Waals surface area contributed by atoms with Crippen molar-refractivity contribution in [3.05, 3.63) is 28.2 Å². The summed E-state index contributed by atoms with van der Waals surface area (Å²) in [6, 6.07) is 6.24. The second-order valence-corrected chi connectivity index (χ2v) is 5.23. The molecule has 1 aromatic rings. The molecule has 0 radical (unpaired) electrons. The molecule has 4 nitrogen and oxygen atoms in total. The van der Waals surface area contributed by atoms with Gasteiger partial charge in [-0.15, -0.1) is 0 Å². The van der Waals surface area contributed by atoms with Gasteiger partial charge in [-0.05, 0) is 47.6 Å². The molecule has 0 bridgehead atoms. The zero-order valence-electron chi connectivity index (χ0n) is 11.3. The van der Waals surface area contributed by atoms with E-state index in [1.54, 1.807) is 0 Å². The van der Waals surface area contributed by atoms with Gasteiger partial charge in [0.05, 0.1) is 36.9 Å². The third-order valence-corrected chi connectivity index (χ3v) is 3.76. The van der Waals surface area contributed by atoms with Crippen LogP contribution in [-0.2, 0) is 9.47 Å². The largest absolute Gasteiger partial charge is 0.493 e. The van der Waals surface area contributed by atoms with E-state index in [4.69, 9.17) is 14.2 Å². The van der Waals surface area contributed by atoms with Gasteiger partial charge in [0.25, 0.3) is 0 Å². The lowest BCUT2D eigenvalue weighted by Crippen LogP contribution is -2.39. The fraction of sp³-hybridized carbons (Fsp3) is 0.571. The van der Waals surface area contributed by atoms with Crippen LogP contribution in [-0.4, -0.2) is 39.6 Å². The van der Waals surface area contributed by atoms with Crippen molar-refractivity contribution in [2.24, 2.45) is 0 Å². The fourth-order valence-corrected chi connectivity index (χ4v) is 2.76. The number of nitrogens with one attached hydrogen (secondary N) is 1. The average molecular weight is 330 g/mol. The van der Waals surface area contributed by atoms with Gasteiger partial charge >= 0.3 is 0 Å². The Morgan fingerprint density at radius 2 is 2.32 bits per heavy atom. The molecule has 1 fully saturated rings. The monoisotopic (exact) mass is 329 g/mol. The third kappa shape index (κ3) is 3.69. The smallest absolute Gasteiger partial charge is 0.133 e. The van der Waals surface area contributed by atoms with Crippen LogP contribution in [0.15, 0.2) is 22.7 Å². The molecule has 1 aromatic carbocycles. The summed E-state index contributed by atoms with van der Waals surface area (Å²) in [6.07, 6.45) is 0.0450. The van der Waals surface area contributed by atoms with Crippen LogP contribution < -0.4 is 10.1 Å². The summed E-state index contributed by atoms with van der Waals surface area (Å²) >= 11 is 3.54. The van der Waals surface area contributed by atoms with Gasteiger partial charge in [0.1, 0.15) is 11.9 Å². The van der Waals surface area contributed by atoms with E-state index >= 15 is 0 Å². The Hall–Kier alpha value is -0.620. The fourth-order valence-electron chi connectivity index (χ4n) is 2.25. The van der Waals surface area contributed by atoms with Crippen molar-refractivity contribution in [3.8, 4) is 5.75 Å². The summed E-state index contributed by atoms with van der Waals surface area (Å²) < 4.78 is 17.7. The number of ether oxygens (including phenoxy) is 3. The van der Waals surface area contributed by atoms with Crippen LogP contribution >= 0.6 is 15.9 Å². The van der Waals surface area contributed by atoms with Crippen LogP contribution in [0.5, 0.6) is 5.75 Å². The van der Waals surface area contributed by atoms with Crippen LogP contribution in [0.1, 0.15) is 18.5 Å². The molecule has 0 aliphatic carbocycles. The van der Waals surface area contributed by atoms with Crippen molar-refractivity contribution in [1.29, 1.82) is 0 Å². The van der Waals surface area contributed by atoms with Crippen LogP contribution in [0.2, 0.25) is 0 Å². The van der Waals surface area contributed by atoms with E-state index in [9.17, 15) is 0 Å². The normalized spacial score (nSPS) is 21.1. The van der Waals surface area contributed by atoms with Crippen molar-refractivity contribution in [1.82, 2.24) is 5.32 Å². The minimum Gasteiger partial charge on any atom is -0.493 e. The van der Waals surface area contributed by atoms with Gasteiger partial charge in [0, 0.05) is 0 Å². The van der Waals surface area contributed by atoms with Gasteiger partial charge < -0.3 is 19.5 Å². The van der Waals surface area contributed by atoms with E-state index in [2.05, 4.69) is 33.4 Å². The van der Waals surface area contributed by atoms with E-state index in [1.807, 2.05) is 20.0 Å². The molecule has 0 spiro atoms. The Morgan fingerprint density at radius 3 is 2.89 bits per heavy atom. The van der Waals surface area contributed by atoms with Gasteiger partial charge in [-0.2, -0.15) is 0 Å². The SMILES string of the molecule is CCOc1ccc(C(NC)C2COCCO2)cc1Br. The lowest BCUT2D eigenvalue weighted by Gasteiger charge is -2.30. The molecule has 1 N–H and O–H groups in total. The summed E-state index contributed by atoms with van der Waals surface area (Å²) in [6.45, 7) is 4.59. The molecule has 0 amide bonds. The van der Waals surface area contributed by atoms with Crippen molar-refractivity contribution < 1.29 is 14.2 Å². The Bertz CT molecular complexity index is 408. The molecule has 0 saturated carbocycles. The maximum Gasteiger partial charge on any atom is 0.133 e. The van der Waals surface area contributed by atoms with Crippen LogP contribution in [0.3, 0.4) is 0 Å². The van der Waals surface area contributed by atoms with Gasteiger partial charge in [0.2, 0.25) is 0 Å². The summed E-state index contributed by atoms with van der Waals surface area (Å²) in [5.41, 5.74) is 1.16. The number of benzene rings is 1. The summed E-state index contributed by atoms with van der Waals surface area (Å²) in [4.78, 5) is 0. The van der Waals surface area contributed by atoms with Gasteiger partial charge in [-0.25, -0.2) is 0 Å². The highest BCUT2D eigenvalue weighted by Crippen LogP contribution is 2.30. The molecule has 106 valence electrons. The number of hydrogen-bond acceptors (Lipinski definition) is 4. The molecular formula is C14H20BrNO3. The first kappa shape index (κ1) is 14.8. The van der Waals surface area contributed by atoms with Crippen LogP contribution in [0.4, 0.5) is 0 Å². The predicted octanol–water partition coefficient (Wildman–Crippen LogP) is 2.52. The van der Waals surface area contributed by atoms with E-state index in [-0.39, 0.29) is 12.1 Å². The number of hydrogen-bond donors (Lipinski definition) is 1. The highest BCUT2D eigenvalue weighted by molar-refractivity contribution is 9.10. The lowest BCUT2D eigenvalue weighted by molar-refractivity contribution is -0.101. The molecule has 5 heteroatoms. The summed E-state index contributed by atoms with van der Waals surface area (Å²) in [7, 11) is 1.94. The number of likely N-dealkylation sites (N-methyl/N-ethyl adjacent to an activating group) is 1. The number of halogens is 1. The Morgan fingerprint density at radius 1 is 1.47 bits per heavy atom. The second kappa shape index (κ2) is 7.24. The zero-order chi connectivity index (χ0) is 13.7. The molecule has 2 rings (SSSR count). The Labute approximate surface area is 122 Å². The molecule has 1 aliphatic rings. The van der Waals surface area contributed by atoms with E-state index in [0.717, 1.165) is 15.8 Å². The quantitative estimate of drug-likeness (QED) is 0.901. The maximum absolute atomic E-state index is 5.77. The average Bonchev–Trinajstić information content (AvgIpc) is 2.44. The summed E-state index contributed by atoms with van der Waals surface area (Å²) in [5.74, 6) is 0.863. The zero-order valence-corrected chi connectivity index (χ0v) is 12.9. The summed E-state index contributed by atoms with van der Waals surface area (Å²) in [5, 5.41) is 3.30. The molecule has 2 unspecified atom stereocenters. The number of rotatable bonds is 5. The molecule has 0 aromatic heterocycles. The molecular weight excluding hydrogens is 310 g/mol. The minimum absolute atomic E-state index is 0.0450. The van der Waals surface area contributed by atoms with E-state index in [1.165, 1.54) is 0 Å². The highest BCUT2D eigenvalue weighted by atomic mass is 79.9. The Balaban J connectivity index is 2.15. The van der Waals surface area contributed by atoms with Crippen LogP contribution in [0, 0.1) is 0 Å². The molecule has 1 aliphatic heterocycles. The van der Waals surface area contributed by atoms with Crippen molar-refractivity contribution in [3.63, 3.8) is 0 Å². The predicted molar refractivity (Wildman–Crippen MR) is 77.7 cm³/mol. The van der Waals surface area contributed by atoms with E-state index < -0.39 is 0 Å². The lowest BCUT2D eigenvalue weighted by atomic mass is 10.0. The van der Waals surface area contributed by atoms with Gasteiger partial charge in [-0.1, -0.05) is 6.07 Å². The van der Waals surface area contributed by atoms with Crippen molar-refractivity contribution in [2.45, 2.75) is 19.1 Å². The third-order valence-electron chi connectivity index (χ3n) is 3.14. The van der Waals surface area contributed by atoms with Crippen molar-refractivity contribution >= 4 is 15.9 Å². The van der Waals surface area contributed by atoms with Crippen molar-refractivity contribution in [2.75, 3.05) is 33.5 Å². The second-order valence-electron chi connectivity index (χ2n) is 4.37. The molecule has 1 heterocycles. The standard InChI is InChI=1S/C14H20BrNO3/c1-3-18-12-5-4-10(8-11(12)15)14(16-2)13-9-17-6-7-19-13/h4-5,8,13-14,16H,3,6-7,9H2,1-2H3. The molecule has 1 saturated heterocycles. The van der Waals surface area contributed by atoms with Crippen LogP contribution in [0.25, 0.3) is 0 Å². The van der Waals surface area contributed by atoms with Gasteiger partial charge in [0.15, 0.2) is 0 Å². The van der Waals surface area contributed by atoms with E-state index in [0.29, 0.717) is 26.4 Å². The van der Waals surface area contributed by atoms with Gasteiger partial charge in [-0.3, -0.25) is 0 Å². The first-order chi connectivity index (χ1) is 9.26.